The van der Waals surface area contributed by atoms with Crippen LogP contribution in [-0.4, -0.2) is 41.3 Å². The monoisotopic (exact) mass is 295 g/mol. The molecule has 0 aliphatic rings. The molecule has 1 unspecified atom stereocenters. The number of carbonyl (C=O) groups is 2. The van der Waals surface area contributed by atoms with Crippen molar-refractivity contribution in [3.05, 3.63) is 29.3 Å². The Morgan fingerprint density at radius 3 is 2.71 bits per heavy atom. The van der Waals surface area contributed by atoms with E-state index in [1.54, 1.807) is 0 Å². The molecule has 0 spiro atoms. The van der Waals surface area contributed by atoms with E-state index in [0.717, 1.165) is 16.9 Å². The topological polar surface area (TPSA) is 95.9 Å². The number of nitrogens with one attached hydrogen (secondary N) is 1. The fourth-order valence-corrected chi connectivity index (χ4v) is 1.68. The summed E-state index contributed by atoms with van der Waals surface area (Å²) in [6.45, 7) is 4.27. The first-order chi connectivity index (χ1) is 9.90. The molecule has 1 rings (SSSR count). The van der Waals surface area contributed by atoms with Crippen LogP contribution in [0.25, 0.3) is 0 Å². The van der Waals surface area contributed by atoms with Crippen LogP contribution in [0.4, 0.5) is 0 Å². The maximum Gasteiger partial charge on any atom is 0.332 e. The summed E-state index contributed by atoms with van der Waals surface area (Å²) in [4.78, 5) is 21.9. The highest BCUT2D eigenvalue weighted by atomic mass is 16.5. The number of hydrogen-bond donors (Lipinski definition) is 3. The predicted molar refractivity (Wildman–Crippen MR) is 77.3 cm³/mol. The lowest BCUT2D eigenvalue weighted by Crippen LogP contribution is -2.30. The molecule has 0 heterocycles. The molecular weight excluding hydrogens is 274 g/mol. The molecule has 6 heteroatoms. The lowest BCUT2D eigenvalue weighted by atomic mass is 10.1. The van der Waals surface area contributed by atoms with Crippen molar-refractivity contribution in [3.63, 3.8) is 0 Å². The molecule has 0 aliphatic heterocycles. The molecular formula is C15H21NO5. The number of ether oxygens (including phenoxy) is 1. The largest absolute Gasteiger partial charge is 0.493 e. The van der Waals surface area contributed by atoms with Crippen LogP contribution < -0.4 is 10.1 Å². The molecule has 0 aliphatic carbocycles. The first-order valence-corrected chi connectivity index (χ1v) is 6.77. The number of carboxylic acids is 1. The summed E-state index contributed by atoms with van der Waals surface area (Å²) < 4.78 is 5.55. The number of aliphatic hydroxyl groups excluding tert-OH is 1. The van der Waals surface area contributed by atoms with Gasteiger partial charge < -0.3 is 20.3 Å². The van der Waals surface area contributed by atoms with E-state index in [9.17, 15) is 9.59 Å². The highest BCUT2D eigenvalue weighted by molar-refractivity contribution is 5.76. The van der Waals surface area contributed by atoms with Crippen LogP contribution in [0.15, 0.2) is 18.2 Å². The Morgan fingerprint density at radius 2 is 2.05 bits per heavy atom. The van der Waals surface area contributed by atoms with Crippen molar-refractivity contribution in [1.29, 1.82) is 0 Å². The first-order valence-electron chi connectivity index (χ1n) is 6.77. The number of hydrogen-bond acceptors (Lipinski definition) is 4. The fraction of sp³-hybridized carbons (Fsp3) is 0.467. The van der Waals surface area contributed by atoms with Gasteiger partial charge in [0.2, 0.25) is 5.91 Å². The smallest absolute Gasteiger partial charge is 0.332 e. The van der Waals surface area contributed by atoms with Gasteiger partial charge in [0.25, 0.3) is 0 Å². The summed E-state index contributed by atoms with van der Waals surface area (Å²) >= 11 is 0. The molecule has 0 saturated heterocycles. The molecule has 0 aromatic heterocycles. The van der Waals surface area contributed by atoms with Crippen molar-refractivity contribution >= 4 is 11.9 Å². The zero-order valence-electron chi connectivity index (χ0n) is 12.3. The Morgan fingerprint density at radius 1 is 1.33 bits per heavy atom. The average Bonchev–Trinajstić information content (AvgIpc) is 2.42. The van der Waals surface area contributed by atoms with Gasteiger partial charge >= 0.3 is 5.97 Å². The van der Waals surface area contributed by atoms with Crippen molar-refractivity contribution in [2.75, 3.05) is 13.2 Å². The first kappa shape index (κ1) is 17.0. The zero-order chi connectivity index (χ0) is 15.8. The van der Waals surface area contributed by atoms with Gasteiger partial charge in [0.15, 0.2) is 6.10 Å². The average molecular weight is 295 g/mol. The normalized spacial score (nSPS) is 11.8. The second-order valence-electron chi connectivity index (χ2n) is 4.86. The van der Waals surface area contributed by atoms with Crippen LogP contribution >= 0.6 is 0 Å². The van der Waals surface area contributed by atoms with E-state index in [1.165, 1.54) is 0 Å². The SMILES string of the molecule is Cc1ccc(C)c(OCCC(=O)NCCC(O)C(=O)O)c1. The second kappa shape index (κ2) is 8.26. The molecule has 0 fully saturated rings. The Balaban J connectivity index is 2.24. The fourth-order valence-electron chi connectivity index (χ4n) is 1.68. The highest BCUT2D eigenvalue weighted by Gasteiger charge is 2.12. The van der Waals surface area contributed by atoms with Crippen LogP contribution in [0.3, 0.4) is 0 Å². The van der Waals surface area contributed by atoms with E-state index in [2.05, 4.69) is 5.32 Å². The summed E-state index contributed by atoms with van der Waals surface area (Å²) in [6, 6.07) is 5.86. The van der Waals surface area contributed by atoms with E-state index in [4.69, 9.17) is 14.9 Å². The number of aliphatic carboxylic acids is 1. The molecule has 1 atom stereocenters. The molecule has 116 valence electrons. The lowest BCUT2D eigenvalue weighted by molar-refractivity contribution is -0.147. The van der Waals surface area contributed by atoms with Crippen LogP contribution in [0.5, 0.6) is 5.75 Å². The number of carbonyl (C=O) groups excluding carboxylic acids is 1. The summed E-state index contributed by atoms with van der Waals surface area (Å²) in [5, 5.41) is 20.1. The van der Waals surface area contributed by atoms with Crippen molar-refractivity contribution < 1.29 is 24.5 Å². The third-order valence-corrected chi connectivity index (χ3v) is 2.96. The van der Waals surface area contributed by atoms with Gasteiger partial charge in [-0.05, 0) is 31.0 Å². The van der Waals surface area contributed by atoms with Crippen molar-refractivity contribution in [2.24, 2.45) is 0 Å². The third-order valence-electron chi connectivity index (χ3n) is 2.96. The minimum Gasteiger partial charge on any atom is -0.493 e. The maximum absolute atomic E-state index is 11.5. The maximum atomic E-state index is 11.5. The Bertz CT molecular complexity index is 501. The van der Waals surface area contributed by atoms with Gasteiger partial charge in [-0.15, -0.1) is 0 Å². The lowest BCUT2D eigenvalue weighted by Gasteiger charge is -2.10. The van der Waals surface area contributed by atoms with Crippen molar-refractivity contribution in [3.8, 4) is 5.75 Å². The minimum absolute atomic E-state index is 0.0150. The Kier molecular flexibility index (Phi) is 6.68. The summed E-state index contributed by atoms with van der Waals surface area (Å²) in [5.41, 5.74) is 2.09. The molecule has 1 aromatic rings. The van der Waals surface area contributed by atoms with Crippen LogP contribution in [0.1, 0.15) is 24.0 Å². The number of aryl methyl sites for hydroxylation is 2. The predicted octanol–water partition coefficient (Wildman–Crippen LogP) is 1.02. The van der Waals surface area contributed by atoms with E-state index in [-0.39, 0.29) is 31.9 Å². The summed E-state index contributed by atoms with van der Waals surface area (Å²) in [7, 11) is 0. The quantitative estimate of drug-likeness (QED) is 0.665. The van der Waals surface area contributed by atoms with Gasteiger partial charge in [-0.25, -0.2) is 4.79 Å². The van der Waals surface area contributed by atoms with Gasteiger partial charge in [0.1, 0.15) is 5.75 Å². The van der Waals surface area contributed by atoms with Crippen LogP contribution in [0.2, 0.25) is 0 Å². The van der Waals surface area contributed by atoms with Gasteiger partial charge in [0.05, 0.1) is 13.0 Å². The molecule has 0 saturated carbocycles. The number of carboxylic acid groups (broad SMARTS) is 1. The number of aliphatic hydroxyl groups is 1. The Hall–Kier alpha value is -2.08. The van der Waals surface area contributed by atoms with Gasteiger partial charge in [0, 0.05) is 13.0 Å². The number of amides is 1. The van der Waals surface area contributed by atoms with E-state index in [1.807, 2.05) is 32.0 Å². The van der Waals surface area contributed by atoms with E-state index >= 15 is 0 Å². The van der Waals surface area contributed by atoms with Crippen LogP contribution in [-0.2, 0) is 9.59 Å². The molecule has 6 nitrogen and oxygen atoms in total. The van der Waals surface area contributed by atoms with Gasteiger partial charge in [-0.2, -0.15) is 0 Å². The van der Waals surface area contributed by atoms with Gasteiger partial charge in [-0.1, -0.05) is 12.1 Å². The van der Waals surface area contributed by atoms with Crippen LogP contribution in [0, 0.1) is 13.8 Å². The standard InChI is InChI=1S/C15H21NO5/c1-10-3-4-11(2)13(9-10)21-8-6-14(18)16-7-5-12(17)15(19)20/h3-4,9,12,17H,5-8H2,1-2H3,(H,16,18)(H,19,20). The zero-order valence-corrected chi connectivity index (χ0v) is 12.3. The third kappa shape index (κ3) is 6.27. The van der Waals surface area contributed by atoms with Crippen molar-refractivity contribution in [2.45, 2.75) is 32.8 Å². The molecule has 3 N–H and O–H groups in total. The molecule has 21 heavy (non-hydrogen) atoms. The summed E-state index contributed by atoms with van der Waals surface area (Å²) in [6.07, 6.45) is -1.29. The summed E-state index contributed by atoms with van der Waals surface area (Å²) in [5.74, 6) is -0.774. The molecule has 0 radical (unpaired) electrons. The Labute approximate surface area is 123 Å². The number of rotatable bonds is 8. The van der Waals surface area contributed by atoms with E-state index < -0.39 is 12.1 Å². The number of benzene rings is 1. The molecule has 1 aromatic carbocycles. The van der Waals surface area contributed by atoms with Crippen molar-refractivity contribution in [1.82, 2.24) is 5.32 Å². The van der Waals surface area contributed by atoms with Gasteiger partial charge in [-0.3, -0.25) is 4.79 Å². The second-order valence-corrected chi connectivity index (χ2v) is 4.86. The van der Waals surface area contributed by atoms with E-state index in [0.29, 0.717) is 0 Å². The molecule has 0 bridgehead atoms. The highest BCUT2D eigenvalue weighted by Crippen LogP contribution is 2.19. The minimum atomic E-state index is -1.45. The molecule has 1 amide bonds.